The van der Waals surface area contributed by atoms with Crippen molar-refractivity contribution in [3.8, 4) is 17.3 Å². The van der Waals surface area contributed by atoms with Crippen LogP contribution in [0.4, 0.5) is 18.9 Å². The Morgan fingerprint density at radius 1 is 1.12 bits per heavy atom. The van der Waals surface area contributed by atoms with Crippen LogP contribution >= 0.6 is 0 Å². The highest BCUT2D eigenvalue weighted by Gasteiger charge is 2.44. The van der Waals surface area contributed by atoms with E-state index in [0.717, 1.165) is 59.4 Å². The van der Waals surface area contributed by atoms with Crippen LogP contribution in [0.3, 0.4) is 0 Å². The summed E-state index contributed by atoms with van der Waals surface area (Å²) < 4.78 is 45.5. The smallest absolute Gasteiger partial charge is 0.416 e. The summed E-state index contributed by atoms with van der Waals surface area (Å²) in [6, 6.07) is 16.8. The molecule has 0 aliphatic carbocycles. The number of fused-ring (bicyclic) bond motifs is 1. The molecule has 2 fully saturated rings. The van der Waals surface area contributed by atoms with Crippen molar-refractivity contribution in [3.05, 3.63) is 83.7 Å². The number of carbonyl (C=O) groups is 1. The van der Waals surface area contributed by atoms with E-state index in [1.54, 1.807) is 12.5 Å². The Balaban J connectivity index is 1.30. The Morgan fingerprint density at radius 3 is 2.60 bits per heavy atom. The molecule has 4 heterocycles. The molecule has 1 N–H and O–H groups in total. The number of hydrogen-bond donors (Lipinski definition) is 1. The number of piperidine rings is 1. The van der Waals surface area contributed by atoms with E-state index in [0.29, 0.717) is 31.6 Å². The minimum absolute atomic E-state index is 0.0334. The lowest BCUT2D eigenvalue weighted by atomic mass is 9.72. The van der Waals surface area contributed by atoms with Crippen molar-refractivity contribution in [3.63, 3.8) is 0 Å². The van der Waals surface area contributed by atoms with Crippen molar-refractivity contribution in [1.82, 2.24) is 15.2 Å². The van der Waals surface area contributed by atoms with Gasteiger partial charge in [0.25, 0.3) is 0 Å². The van der Waals surface area contributed by atoms with Crippen LogP contribution in [-0.2, 0) is 16.4 Å². The fourth-order valence-corrected chi connectivity index (χ4v) is 6.26. The Morgan fingerprint density at radius 2 is 1.93 bits per heavy atom. The molecule has 1 amide bonds. The summed E-state index contributed by atoms with van der Waals surface area (Å²) >= 11 is 0. The first kappa shape index (κ1) is 27.8. The van der Waals surface area contributed by atoms with Crippen LogP contribution in [0.25, 0.3) is 22.2 Å². The van der Waals surface area contributed by atoms with Gasteiger partial charge in [-0.15, -0.1) is 0 Å². The molecule has 0 radical (unpaired) electrons. The number of aromatic nitrogens is 1. The van der Waals surface area contributed by atoms with Crippen molar-refractivity contribution in [2.24, 2.45) is 0 Å². The molecule has 7 nitrogen and oxygen atoms in total. The molecule has 0 spiro atoms. The average Bonchev–Trinajstić information content (AvgIpc) is 3.65. The van der Waals surface area contributed by atoms with Crippen LogP contribution < -0.4 is 10.2 Å². The predicted molar refractivity (Wildman–Crippen MR) is 153 cm³/mol. The molecular formula is C32H30F3N5O2. The lowest BCUT2D eigenvalue weighted by Gasteiger charge is -2.42. The van der Waals surface area contributed by atoms with Gasteiger partial charge in [0.1, 0.15) is 11.7 Å². The van der Waals surface area contributed by atoms with Gasteiger partial charge < -0.3 is 19.5 Å². The van der Waals surface area contributed by atoms with E-state index >= 15 is 0 Å². The molecule has 216 valence electrons. The minimum Gasteiger partial charge on any atom is -0.464 e. The normalized spacial score (nSPS) is 19.1. The van der Waals surface area contributed by atoms with E-state index in [2.05, 4.69) is 10.2 Å². The number of pyridine rings is 1. The van der Waals surface area contributed by atoms with Crippen molar-refractivity contribution in [2.45, 2.75) is 36.9 Å². The third-order valence-electron chi connectivity index (χ3n) is 8.63. The van der Waals surface area contributed by atoms with E-state index in [-0.39, 0.29) is 17.5 Å². The summed E-state index contributed by atoms with van der Waals surface area (Å²) in [6.07, 6.45) is 0.571. The van der Waals surface area contributed by atoms with Gasteiger partial charge in [0.2, 0.25) is 5.91 Å². The number of hydrogen-bond acceptors (Lipinski definition) is 6. The van der Waals surface area contributed by atoms with Gasteiger partial charge in [-0.05, 0) is 74.8 Å². The van der Waals surface area contributed by atoms with Crippen LogP contribution in [0.2, 0.25) is 0 Å². The monoisotopic (exact) mass is 573 g/mol. The quantitative estimate of drug-likeness (QED) is 0.328. The zero-order valence-corrected chi connectivity index (χ0v) is 23.1. The number of anilines is 1. The number of furan rings is 1. The zero-order valence-electron chi connectivity index (χ0n) is 23.1. The summed E-state index contributed by atoms with van der Waals surface area (Å²) in [4.78, 5) is 22.9. The molecule has 2 aromatic carbocycles. The highest BCUT2D eigenvalue weighted by molar-refractivity contribution is 5.92. The van der Waals surface area contributed by atoms with Crippen molar-refractivity contribution >= 4 is 22.6 Å². The number of nitrogens with zero attached hydrogens (tertiary/aromatic N) is 4. The fourth-order valence-electron chi connectivity index (χ4n) is 6.26. The van der Waals surface area contributed by atoms with Gasteiger partial charge in [0.05, 0.1) is 34.2 Å². The summed E-state index contributed by atoms with van der Waals surface area (Å²) in [7, 11) is 2.03. The topological polar surface area (TPSA) is 85.4 Å². The molecule has 10 heteroatoms. The maximum absolute atomic E-state index is 14.0. The number of nitriles is 1. The van der Waals surface area contributed by atoms with E-state index in [1.165, 1.54) is 6.07 Å². The van der Waals surface area contributed by atoms with Crippen molar-refractivity contribution < 1.29 is 22.4 Å². The van der Waals surface area contributed by atoms with E-state index < -0.39 is 17.2 Å². The van der Waals surface area contributed by atoms with Crippen LogP contribution in [0, 0.1) is 11.3 Å². The molecule has 0 bridgehead atoms. The number of rotatable bonds is 5. The molecule has 6 rings (SSSR count). The predicted octanol–water partition coefficient (Wildman–Crippen LogP) is 5.74. The van der Waals surface area contributed by atoms with Gasteiger partial charge in [-0.2, -0.15) is 18.4 Å². The number of likely N-dealkylation sites (tertiary alicyclic amines) is 1. The first-order chi connectivity index (χ1) is 20.2. The number of likely N-dealkylation sites (N-methyl/N-ethyl adjacent to an activating group) is 1. The van der Waals surface area contributed by atoms with E-state index in [1.807, 2.05) is 54.4 Å². The molecule has 2 saturated heterocycles. The maximum Gasteiger partial charge on any atom is 0.416 e. The zero-order chi connectivity index (χ0) is 29.5. The van der Waals surface area contributed by atoms with Crippen molar-refractivity contribution in [1.29, 1.82) is 5.26 Å². The number of benzene rings is 2. The molecule has 2 aliphatic heterocycles. The summed E-state index contributed by atoms with van der Waals surface area (Å²) in [5, 5.41) is 13.9. The van der Waals surface area contributed by atoms with Gasteiger partial charge in [-0.3, -0.25) is 9.78 Å². The molecule has 2 aliphatic rings. The highest BCUT2D eigenvalue weighted by Crippen LogP contribution is 2.40. The van der Waals surface area contributed by atoms with Crippen LogP contribution in [0.5, 0.6) is 0 Å². The number of alkyl halides is 3. The van der Waals surface area contributed by atoms with Gasteiger partial charge in [-0.1, -0.05) is 18.2 Å². The number of halogens is 3. The Kier molecular flexibility index (Phi) is 7.15. The van der Waals surface area contributed by atoms with E-state index in [9.17, 15) is 23.2 Å². The largest absolute Gasteiger partial charge is 0.464 e. The maximum atomic E-state index is 14.0. The van der Waals surface area contributed by atoms with Gasteiger partial charge in [0.15, 0.2) is 0 Å². The average molecular weight is 574 g/mol. The standard InChI is InChI=1S/C32H30F3N5O2/c1-39-13-9-25(20-39)38-30(41)31(24-5-7-27(37-19-24)26-4-2-3-21-10-16-42-29(21)26)11-14-40(15-12-31)28-8-6-23(32(33,34)35)17-22(28)18-36/h2-8,10,16-17,19,25H,9,11-15,20H2,1H3,(H,38,41)/t25-/m1/s1. The second-order valence-electron chi connectivity index (χ2n) is 11.2. The fraction of sp³-hybridized carbons (Fsp3) is 0.344. The Labute approximate surface area is 241 Å². The third-order valence-corrected chi connectivity index (χ3v) is 8.63. The van der Waals surface area contributed by atoms with Gasteiger partial charge in [-0.25, -0.2) is 0 Å². The lowest BCUT2D eigenvalue weighted by Crippen LogP contribution is -2.54. The first-order valence-corrected chi connectivity index (χ1v) is 14.0. The molecule has 2 aromatic heterocycles. The van der Waals surface area contributed by atoms with Gasteiger partial charge in [0, 0.05) is 42.8 Å². The molecule has 42 heavy (non-hydrogen) atoms. The Hall–Kier alpha value is -4.36. The Bertz CT molecular complexity index is 1650. The second-order valence-corrected chi connectivity index (χ2v) is 11.2. The highest BCUT2D eigenvalue weighted by atomic mass is 19.4. The lowest BCUT2D eigenvalue weighted by molar-refractivity contribution is -0.137. The van der Waals surface area contributed by atoms with Crippen molar-refractivity contribution in [2.75, 3.05) is 38.1 Å². The number of nitrogens with one attached hydrogen (secondary N) is 1. The number of amides is 1. The summed E-state index contributed by atoms with van der Waals surface area (Å²) in [5.41, 5.74) is 1.80. The molecule has 0 unspecified atom stereocenters. The van der Waals surface area contributed by atoms with Gasteiger partial charge >= 0.3 is 6.18 Å². The SMILES string of the molecule is CN1CC[C@@H](NC(=O)C2(c3ccc(-c4cccc5ccoc45)nc3)CCN(c3ccc(C(F)(F)F)cc3C#N)CC2)C1. The summed E-state index contributed by atoms with van der Waals surface area (Å²) in [5.74, 6) is -0.0712. The van der Waals surface area contributed by atoms with Crippen LogP contribution in [-0.4, -0.2) is 55.1 Å². The second kappa shape index (κ2) is 10.8. The third kappa shape index (κ3) is 5.09. The molecule has 4 aromatic rings. The number of carbonyl (C=O) groups excluding carboxylic acids is 1. The first-order valence-electron chi connectivity index (χ1n) is 14.0. The molecule has 0 saturated carbocycles. The molecular weight excluding hydrogens is 543 g/mol. The van der Waals surface area contributed by atoms with Crippen LogP contribution in [0.15, 0.2) is 71.5 Å². The number of para-hydroxylation sites is 1. The minimum atomic E-state index is -4.53. The van der Waals surface area contributed by atoms with Crippen LogP contribution in [0.1, 0.15) is 36.0 Å². The summed E-state index contributed by atoms with van der Waals surface area (Å²) in [6.45, 7) is 2.47. The van der Waals surface area contributed by atoms with E-state index in [4.69, 9.17) is 9.40 Å². The molecule has 1 atom stereocenters.